The van der Waals surface area contributed by atoms with Gasteiger partial charge in [0.05, 0.1) is 13.2 Å². The van der Waals surface area contributed by atoms with Crippen molar-refractivity contribution in [3.63, 3.8) is 0 Å². The van der Waals surface area contributed by atoms with Crippen LogP contribution in [-0.2, 0) is 28.5 Å². The summed E-state index contributed by atoms with van der Waals surface area (Å²) in [6, 6.07) is 0. The minimum atomic E-state index is -0.930. The SMILES string of the molecule is CC(Cl)OC(=O)O[C@@H]1CO[C@H]2[C@@H]1OC[C@H]2OC(=O)N1CCC(O[N+](=O)[O-])CC1. The number of likely N-dealkylation sites (tertiary alicyclic amines) is 1. The number of hydrogen-bond donors (Lipinski definition) is 0. The van der Waals surface area contributed by atoms with E-state index in [9.17, 15) is 19.7 Å². The smallest absolute Gasteiger partial charge is 0.441 e. The lowest BCUT2D eigenvalue weighted by molar-refractivity contribution is -0.769. The molecule has 3 rings (SSSR count). The molecule has 0 saturated carbocycles. The quantitative estimate of drug-likeness (QED) is 0.272. The molecule has 13 heteroatoms. The predicted molar refractivity (Wildman–Crippen MR) is 89.1 cm³/mol. The van der Waals surface area contributed by atoms with E-state index in [1.807, 2.05) is 0 Å². The Bertz CT molecular complexity index is 597. The second-order valence-electron chi connectivity index (χ2n) is 6.60. The Hall–Kier alpha value is -2.05. The van der Waals surface area contributed by atoms with E-state index in [0.29, 0.717) is 12.8 Å². The van der Waals surface area contributed by atoms with Gasteiger partial charge in [0.1, 0.15) is 18.3 Å². The first-order valence-electron chi connectivity index (χ1n) is 8.84. The van der Waals surface area contributed by atoms with E-state index < -0.39 is 53.4 Å². The number of hydrogen-bond acceptors (Lipinski definition) is 10. The first-order chi connectivity index (χ1) is 13.3. The molecular weight excluding hydrogens is 404 g/mol. The minimum Gasteiger partial charge on any atom is -0.441 e. The largest absolute Gasteiger partial charge is 0.510 e. The molecule has 12 nitrogen and oxygen atoms in total. The number of piperidine rings is 1. The zero-order valence-corrected chi connectivity index (χ0v) is 15.8. The zero-order valence-electron chi connectivity index (χ0n) is 15.1. The highest BCUT2D eigenvalue weighted by Gasteiger charge is 2.51. The monoisotopic (exact) mass is 424 g/mol. The van der Waals surface area contributed by atoms with E-state index in [0.717, 1.165) is 0 Å². The van der Waals surface area contributed by atoms with Gasteiger partial charge in [0.2, 0.25) is 0 Å². The van der Waals surface area contributed by atoms with Gasteiger partial charge in [0.25, 0.3) is 5.09 Å². The van der Waals surface area contributed by atoms with Crippen molar-refractivity contribution in [2.75, 3.05) is 26.3 Å². The van der Waals surface area contributed by atoms with E-state index in [2.05, 4.69) is 4.84 Å². The summed E-state index contributed by atoms with van der Waals surface area (Å²) in [7, 11) is 0. The van der Waals surface area contributed by atoms with Crippen LogP contribution in [0.4, 0.5) is 9.59 Å². The molecule has 0 aromatic heterocycles. The number of nitrogens with zero attached hydrogens (tertiary/aromatic N) is 2. The van der Waals surface area contributed by atoms with Gasteiger partial charge in [0.15, 0.2) is 17.8 Å². The van der Waals surface area contributed by atoms with Crippen LogP contribution in [0.1, 0.15) is 19.8 Å². The van der Waals surface area contributed by atoms with Crippen LogP contribution in [0.25, 0.3) is 0 Å². The molecule has 3 aliphatic heterocycles. The van der Waals surface area contributed by atoms with Gasteiger partial charge in [-0.05, 0) is 19.8 Å². The van der Waals surface area contributed by atoms with Gasteiger partial charge in [-0.3, -0.25) is 0 Å². The molecule has 0 radical (unpaired) electrons. The Labute approximate surface area is 165 Å². The molecule has 3 fully saturated rings. The number of halogens is 1. The average Bonchev–Trinajstić information content (AvgIpc) is 3.18. The first kappa shape index (κ1) is 20.7. The van der Waals surface area contributed by atoms with Crippen molar-refractivity contribution < 1.29 is 43.2 Å². The third-order valence-electron chi connectivity index (χ3n) is 4.66. The molecule has 158 valence electrons. The molecule has 3 saturated heterocycles. The van der Waals surface area contributed by atoms with E-state index >= 15 is 0 Å². The minimum absolute atomic E-state index is 0.0821. The van der Waals surface area contributed by atoms with Gasteiger partial charge in [-0.1, -0.05) is 11.6 Å². The van der Waals surface area contributed by atoms with E-state index in [4.69, 9.17) is 35.3 Å². The maximum atomic E-state index is 12.3. The Balaban J connectivity index is 1.45. The summed E-state index contributed by atoms with van der Waals surface area (Å²) in [5.74, 6) is 0. The molecular formula is C15H21ClN2O10. The second kappa shape index (κ2) is 8.97. The van der Waals surface area contributed by atoms with Crippen LogP contribution in [0.2, 0.25) is 0 Å². The van der Waals surface area contributed by atoms with Gasteiger partial charge in [-0.2, -0.15) is 0 Å². The summed E-state index contributed by atoms with van der Waals surface area (Å²) >= 11 is 5.57. The van der Waals surface area contributed by atoms with Crippen molar-refractivity contribution in [1.29, 1.82) is 0 Å². The highest BCUT2D eigenvalue weighted by molar-refractivity contribution is 6.19. The van der Waals surface area contributed by atoms with Crippen LogP contribution >= 0.6 is 11.6 Å². The Morgan fingerprint density at radius 1 is 1.14 bits per heavy atom. The molecule has 3 heterocycles. The zero-order chi connectivity index (χ0) is 20.3. The standard InChI is InChI=1S/C15H21ClN2O10/c1-8(16)25-15(20)27-11-7-24-12-10(6-23-13(11)12)26-14(19)17-4-2-9(3-5-17)28-18(21)22/h8-13H,2-7H2,1H3/t8?,10-,11-,12-,13-/m1/s1. The van der Waals surface area contributed by atoms with E-state index in [1.165, 1.54) is 11.8 Å². The maximum Gasteiger partial charge on any atom is 0.510 e. The molecule has 3 aliphatic rings. The number of fused-ring (bicyclic) bond motifs is 1. The summed E-state index contributed by atoms with van der Waals surface area (Å²) < 4.78 is 26.5. The van der Waals surface area contributed by atoms with Crippen LogP contribution in [0, 0.1) is 10.1 Å². The molecule has 1 amide bonds. The van der Waals surface area contributed by atoms with Crippen molar-refractivity contribution in [1.82, 2.24) is 4.90 Å². The van der Waals surface area contributed by atoms with E-state index in [-0.39, 0.29) is 26.3 Å². The lowest BCUT2D eigenvalue weighted by Gasteiger charge is -2.31. The second-order valence-corrected chi connectivity index (χ2v) is 7.22. The fourth-order valence-electron chi connectivity index (χ4n) is 3.38. The third-order valence-corrected chi connectivity index (χ3v) is 4.75. The fourth-order valence-corrected chi connectivity index (χ4v) is 3.46. The molecule has 1 unspecified atom stereocenters. The summed E-state index contributed by atoms with van der Waals surface area (Å²) in [5, 5.41) is 9.54. The predicted octanol–water partition coefficient (Wildman–Crippen LogP) is 1.07. The topological polar surface area (TPSA) is 136 Å². The van der Waals surface area contributed by atoms with Crippen molar-refractivity contribution >= 4 is 23.8 Å². The van der Waals surface area contributed by atoms with Crippen molar-refractivity contribution in [2.45, 2.75) is 55.8 Å². The average molecular weight is 425 g/mol. The summed E-state index contributed by atoms with van der Waals surface area (Å²) in [4.78, 5) is 40.3. The number of carbonyl (C=O) groups is 2. The highest BCUT2D eigenvalue weighted by Crippen LogP contribution is 2.31. The van der Waals surface area contributed by atoms with Crippen molar-refractivity contribution in [3.8, 4) is 0 Å². The molecule has 0 aromatic rings. The van der Waals surface area contributed by atoms with Crippen molar-refractivity contribution in [2.24, 2.45) is 0 Å². The molecule has 0 aromatic carbocycles. The third kappa shape index (κ3) is 5.06. The number of amides is 1. The number of carbonyl (C=O) groups excluding carboxylic acids is 2. The van der Waals surface area contributed by atoms with Crippen LogP contribution in [0.3, 0.4) is 0 Å². The van der Waals surface area contributed by atoms with Gasteiger partial charge < -0.3 is 33.4 Å². The van der Waals surface area contributed by atoms with Crippen LogP contribution in [-0.4, -0.2) is 84.6 Å². The Morgan fingerprint density at radius 2 is 1.71 bits per heavy atom. The van der Waals surface area contributed by atoms with E-state index in [1.54, 1.807) is 0 Å². The lowest BCUT2D eigenvalue weighted by atomic mass is 10.1. The van der Waals surface area contributed by atoms with Crippen molar-refractivity contribution in [3.05, 3.63) is 10.1 Å². The molecule has 0 aliphatic carbocycles. The number of ether oxygens (including phenoxy) is 5. The normalized spacial score (nSPS) is 31.0. The Morgan fingerprint density at radius 3 is 2.25 bits per heavy atom. The van der Waals surface area contributed by atoms with Gasteiger partial charge in [0, 0.05) is 13.1 Å². The molecule has 5 atom stereocenters. The van der Waals surface area contributed by atoms with Crippen LogP contribution in [0.5, 0.6) is 0 Å². The molecule has 0 spiro atoms. The number of alkyl halides is 1. The van der Waals surface area contributed by atoms with Gasteiger partial charge >= 0.3 is 12.2 Å². The summed E-state index contributed by atoms with van der Waals surface area (Å²) in [5.41, 5.74) is -0.830. The van der Waals surface area contributed by atoms with Gasteiger partial charge in [-0.15, -0.1) is 10.1 Å². The molecule has 28 heavy (non-hydrogen) atoms. The summed E-state index contributed by atoms with van der Waals surface area (Å²) in [6.45, 7) is 2.23. The fraction of sp³-hybridized carbons (Fsp3) is 0.867. The lowest BCUT2D eigenvalue weighted by Crippen LogP contribution is -2.44. The Kier molecular flexibility index (Phi) is 6.62. The van der Waals surface area contributed by atoms with Crippen LogP contribution < -0.4 is 0 Å². The maximum absolute atomic E-state index is 12.3. The highest BCUT2D eigenvalue weighted by atomic mass is 35.5. The summed E-state index contributed by atoms with van der Waals surface area (Å²) in [6.07, 6.45) is -3.80. The van der Waals surface area contributed by atoms with Gasteiger partial charge in [-0.25, -0.2) is 9.59 Å². The number of rotatable bonds is 5. The molecule has 0 N–H and O–H groups in total. The molecule has 0 bridgehead atoms. The van der Waals surface area contributed by atoms with Crippen LogP contribution in [0.15, 0.2) is 0 Å². The first-order valence-corrected chi connectivity index (χ1v) is 9.28.